The van der Waals surface area contributed by atoms with Crippen molar-refractivity contribution in [3.05, 3.63) is 53.6 Å². The third-order valence-corrected chi connectivity index (χ3v) is 5.38. The molecule has 0 aliphatic carbocycles. The lowest BCUT2D eigenvalue weighted by Gasteiger charge is -2.33. The molecule has 4 rings (SSSR count). The Bertz CT molecular complexity index is 824. The fourth-order valence-corrected chi connectivity index (χ4v) is 3.80. The van der Waals surface area contributed by atoms with Gasteiger partial charge in [-0.05, 0) is 30.3 Å². The molecule has 0 bridgehead atoms. The summed E-state index contributed by atoms with van der Waals surface area (Å²) in [6, 6.07) is 15.5. The van der Waals surface area contributed by atoms with Gasteiger partial charge in [-0.2, -0.15) is 0 Å². The molecule has 1 amide bonds. The smallest absolute Gasteiger partial charge is 0.275 e. The number of hydrogen-bond donors (Lipinski definition) is 2. The van der Waals surface area contributed by atoms with Crippen LogP contribution in [0, 0.1) is 0 Å². The van der Waals surface area contributed by atoms with Gasteiger partial charge in [0.2, 0.25) is 0 Å². The Morgan fingerprint density at radius 1 is 1.14 bits per heavy atom. The summed E-state index contributed by atoms with van der Waals surface area (Å²) in [6.45, 7) is 5.07. The van der Waals surface area contributed by atoms with Gasteiger partial charge in [0.05, 0.1) is 32.7 Å². The second kappa shape index (κ2) is 8.71. The van der Waals surface area contributed by atoms with Crippen molar-refractivity contribution in [2.45, 2.75) is 6.10 Å². The van der Waals surface area contributed by atoms with E-state index in [9.17, 15) is 4.79 Å². The fourth-order valence-electron chi connectivity index (χ4n) is 3.61. The Morgan fingerprint density at radius 3 is 2.71 bits per heavy atom. The molecule has 28 heavy (non-hydrogen) atoms. The van der Waals surface area contributed by atoms with Gasteiger partial charge in [0.15, 0.2) is 18.0 Å². The Morgan fingerprint density at radius 2 is 1.93 bits per heavy atom. The first-order valence-electron chi connectivity index (χ1n) is 9.66. The van der Waals surface area contributed by atoms with Crippen molar-refractivity contribution in [3.8, 4) is 11.5 Å². The first-order chi connectivity index (χ1) is 13.7. The summed E-state index contributed by atoms with van der Waals surface area (Å²) in [5.41, 5.74) is 1.14. The highest BCUT2D eigenvalue weighted by Gasteiger charge is 2.24. The van der Waals surface area contributed by atoms with E-state index in [0.717, 1.165) is 48.4 Å². The van der Waals surface area contributed by atoms with Crippen LogP contribution in [-0.4, -0.2) is 57.9 Å². The molecular weight excluding hydrogens is 378 g/mol. The van der Waals surface area contributed by atoms with Gasteiger partial charge in [-0.25, -0.2) is 0 Å². The third kappa shape index (κ3) is 4.69. The summed E-state index contributed by atoms with van der Waals surface area (Å²) < 4.78 is 11.6. The van der Waals surface area contributed by atoms with Crippen LogP contribution in [0.25, 0.3) is 0 Å². The summed E-state index contributed by atoms with van der Waals surface area (Å²) in [5, 5.41) is 3.74. The summed E-state index contributed by atoms with van der Waals surface area (Å²) in [5.74, 6) is 1.54. The SMILES string of the molecule is O=C(C[NH+]1CCN(c2cccc(Cl)c2)CC1)NC[C@H]1COc2ccccc2O1. The molecule has 0 unspecified atom stereocenters. The van der Waals surface area contributed by atoms with Gasteiger partial charge < -0.3 is 24.6 Å². The van der Waals surface area contributed by atoms with Crippen molar-refractivity contribution < 1.29 is 19.2 Å². The average Bonchev–Trinajstić information content (AvgIpc) is 2.73. The van der Waals surface area contributed by atoms with E-state index in [0.29, 0.717) is 19.7 Å². The standard InChI is InChI=1S/C21H24ClN3O3/c22-16-4-3-5-17(12-16)25-10-8-24(9-11-25)14-21(26)23-13-18-15-27-19-6-1-2-7-20(19)28-18/h1-7,12,18H,8-11,13-15H2,(H,23,26)/p+1/t18-/m0/s1. The number of hydrogen-bond acceptors (Lipinski definition) is 4. The molecule has 2 aliphatic rings. The van der Waals surface area contributed by atoms with Crippen LogP contribution in [0.5, 0.6) is 11.5 Å². The molecule has 0 aromatic heterocycles. The van der Waals surface area contributed by atoms with Crippen molar-refractivity contribution in [1.82, 2.24) is 5.32 Å². The number of anilines is 1. The summed E-state index contributed by atoms with van der Waals surface area (Å²) in [6.07, 6.45) is -0.159. The molecule has 7 heteroatoms. The van der Waals surface area contributed by atoms with Gasteiger partial charge in [-0.3, -0.25) is 4.79 Å². The van der Waals surface area contributed by atoms with Gasteiger partial charge in [0.1, 0.15) is 12.7 Å². The molecule has 2 N–H and O–H groups in total. The van der Waals surface area contributed by atoms with Crippen LogP contribution in [0.3, 0.4) is 0 Å². The van der Waals surface area contributed by atoms with E-state index in [1.165, 1.54) is 4.90 Å². The molecule has 0 spiro atoms. The van der Waals surface area contributed by atoms with Crippen molar-refractivity contribution in [2.24, 2.45) is 0 Å². The highest BCUT2D eigenvalue weighted by Crippen LogP contribution is 2.30. The zero-order chi connectivity index (χ0) is 19.3. The van der Waals surface area contributed by atoms with Gasteiger partial charge in [-0.1, -0.05) is 29.8 Å². The number of nitrogens with one attached hydrogen (secondary N) is 2. The maximum absolute atomic E-state index is 12.3. The lowest BCUT2D eigenvalue weighted by atomic mass is 10.2. The number of carbonyl (C=O) groups excluding carboxylic acids is 1. The highest BCUT2D eigenvalue weighted by molar-refractivity contribution is 6.30. The van der Waals surface area contributed by atoms with Gasteiger partial charge >= 0.3 is 0 Å². The number of nitrogens with zero attached hydrogens (tertiary/aromatic N) is 1. The molecule has 148 valence electrons. The van der Waals surface area contributed by atoms with Gasteiger partial charge in [0.25, 0.3) is 5.91 Å². The molecule has 1 atom stereocenters. The van der Waals surface area contributed by atoms with E-state index in [-0.39, 0.29) is 12.0 Å². The number of rotatable bonds is 5. The lowest BCUT2D eigenvalue weighted by molar-refractivity contribution is -0.892. The second-order valence-corrected chi connectivity index (χ2v) is 7.63. The Kier molecular flexibility index (Phi) is 5.88. The summed E-state index contributed by atoms with van der Waals surface area (Å²) >= 11 is 6.08. The third-order valence-electron chi connectivity index (χ3n) is 5.15. The highest BCUT2D eigenvalue weighted by atomic mass is 35.5. The van der Waals surface area contributed by atoms with E-state index in [1.54, 1.807) is 0 Å². The lowest BCUT2D eigenvalue weighted by Crippen LogP contribution is -3.16. The first-order valence-corrected chi connectivity index (χ1v) is 10.0. The molecule has 6 nitrogen and oxygen atoms in total. The van der Waals surface area contributed by atoms with Gasteiger partial charge in [0, 0.05) is 10.7 Å². The minimum absolute atomic E-state index is 0.0497. The number of ether oxygens (including phenoxy) is 2. The minimum Gasteiger partial charge on any atom is -0.486 e. The number of para-hydroxylation sites is 2. The number of quaternary nitrogens is 1. The minimum atomic E-state index is -0.159. The van der Waals surface area contributed by atoms with Crippen LogP contribution in [0.15, 0.2) is 48.5 Å². The van der Waals surface area contributed by atoms with Crippen LogP contribution in [0.2, 0.25) is 5.02 Å². The largest absolute Gasteiger partial charge is 0.486 e. The molecule has 0 saturated carbocycles. The normalized spacial score (nSPS) is 19.3. The Labute approximate surface area is 170 Å². The molecule has 2 aromatic rings. The zero-order valence-electron chi connectivity index (χ0n) is 15.7. The molecule has 1 saturated heterocycles. The number of fused-ring (bicyclic) bond motifs is 1. The van der Waals surface area contributed by atoms with E-state index in [4.69, 9.17) is 21.1 Å². The number of amides is 1. The van der Waals surface area contributed by atoms with E-state index < -0.39 is 0 Å². The van der Waals surface area contributed by atoms with Crippen LogP contribution < -0.4 is 24.6 Å². The number of carbonyl (C=O) groups is 1. The molecule has 1 fully saturated rings. The predicted molar refractivity (Wildman–Crippen MR) is 109 cm³/mol. The van der Waals surface area contributed by atoms with Crippen molar-refractivity contribution in [2.75, 3.05) is 50.8 Å². The maximum atomic E-state index is 12.3. The van der Waals surface area contributed by atoms with Crippen LogP contribution in [0.4, 0.5) is 5.69 Å². The maximum Gasteiger partial charge on any atom is 0.275 e. The molecule has 2 aliphatic heterocycles. The predicted octanol–water partition coefficient (Wildman–Crippen LogP) is 1.00. The van der Waals surface area contributed by atoms with Crippen LogP contribution in [-0.2, 0) is 4.79 Å². The fraction of sp³-hybridized carbons (Fsp3) is 0.381. The topological polar surface area (TPSA) is 55.2 Å². The Hall–Kier alpha value is -2.44. The molecule has 2 aromatic carbocycles. The molecule has 2 heterocycles. The van der Waals surface area contributed by atoms with Crippen LogP contribution >= 0.6 is 11.6 Å². The van der Waals surface area contributed by atoms with Crippen LogP contribution in [0.1, 0.15) is 0 Å². The van der Waals surface area contributed by atoms with E-state index >= 15 is 0 Å². The molecule has 0 radical (unpaired) electrons. The average molecular weight is 403 g/mol. The zero-order valence-corrected chi connectivity index (χ0v) is 16.5. The number of piperazine rings is 1. The molecular formula is C21H25ClN3O3+. The van der Waals surface area contributed by atoms with Crippen molar-refractivity contribution in [3.63, 3.8) is 0 Å². The number of benzene rings is 2. The summed E-state index contributed by atoms with van der Waals surface area (Å²) in [4.78, 5) is 15.9. The quantitative estimate of drug-likeness (QED) is 0.783. The van der Waals surface area contributed by atoms with E-state index in [2.05, 4.69) is 16.3 Å². The van der Waals surface area contributed by atoms with Crippen molar-refractivity contribution in [1.29, 1.82) is 0 Å². The van der Waals surface area contributed by atoms with E-state index in [1.807, 2.05) is 42.5 Å². The Balaban J connectivity index is 1.19. The first kappa shape index (κ1) is 18.9. The summed E-state index contributed by atoms with van der Waals surface area (Å²) in [7, 11) is 0. The van der Waals surface area contributed by atoms with Gasteiger partial charge in [-0.15, -0.1) is 0 Å². The monoisotopic (exact) mass is 402 g/mol. The van der Waals surface area contributed by atoms with Crippen molar-refractivity contribution >= 4 is 23.2 Å². The second-order valence-electron chi connectivity index (χ2n) is 7.20. The number of halogens is 1.